The second-order valence-corrected chi connectivity index (χ2v) is 5.98. The molecule has 1 saturated carbocycles. The van der Waals surface area contributed by atoms with Crippen LogP contribution in [-0.4, -0.2) is 41.4 Å². The maximum Gasteiger partial charge on any atom is 0.224 e. The predicted molar refractivity (Wildman–Crippen MR) is 80.9 cm³/mol. The van der Waals surface area contributed by atoms with Gasteiger partial charge >= 0.3 is 0 Å². The zero-order valence-electron chi connectivity index (χ0n) is 13.4. The van der Waals surface area contributed by atoms with Crippen molar-refractivity contribution < 1.29 is 4.79 Å². The largest absolute Gasteiger partial charge is 0.335 e. The molecule has 1 aliphatic carbocycles. The van der Waals surface area contributed by atoms with Gasteiger partial charge in [-0.05, 0) is 26.7 Å². The Morgan fingerprint density at radius 2 is 2.00 bits per heavy atom. The highest BCUT2D eigenvalue weighted by atomic mass is 16.2. The van der Waals surface area contributed by atoms with Crippen molar-refractivity contribution in [2.75, 3.05) is 0 Å². The lowest BCUT2D eigenvalue weighted by atomic mass is 10.1. The molecule has 2 aromatic heterocycles. The van der Waals surface area contributed by atoms with Gasteiger partial charge in [0.25, 0.3) is 0 Å². The number of hydrogen-bond donors (Lipinski definition) is 0. The fourth-order valence-corrected chi connectivity index (χ4v) is 2.73. The third kappa shape index (κ3) is 3.03. The Balaban J connectivity index is 1.68. The lowest BCUT2D eigenvalue weighted by molar-refractivity contribution is -0.132. The lowest BCUT2D eigenvalue weighted by Gasteiger charge is -2.23. The third-order valence-corrected chi connectivity index (χ3v) is 4.35. The van der Waals surface area contributed by atoms with E-state index in [0.29, 0.717) is 25.6 Å². The molecule has 0 radical (unpaired) electrons. The fraction of sp³-hybridized carbons (Fsp3) is 0.600. The minimum atomic E-state index is 0.193. The average Bonchev–Trinajstić information content (AvgIpc) is 3.13. The number of carbonyl (C=O) groups is 1. The molecule has 1 fully saturated rings. The van der Waals surface area contributed by atoms with Crippen LogP contribution in [0.15, 0.2) is 12.7 Å². The Morgan fingerprint density at radius 3 is 2.55 bits per heavy atom. The molecule has 0 N–H and O–H groups in total. The third-order valence-electron chi connectivity index (χ3n) is 4.35. The van der Waals surface area contributed by atoms with Gasteiger partial charge in [-0.3, -0.25) is 9.48 Å². The van der Waals surface area contributed by atoms with Crippen LogP contribution in [0.1, 0.15) is 36.2 Å². The Hall–Kier alpha value is -2.18. The van der Waals surface area contributed by atoms with Crippen molar-refractivity contribution in [1.82, 2.24) is 29.4 Å². The second kappa shape index (κ2) is 5.90. The topological polar surface area (TPSA) is 68.8 Å². The summed E-state index contributed by atoms with van der Waals surface area (Å²) in [4.78, 5) is 14.6. The summed E-state index contributed by atoms with van der Waals surface area (Å²) in [6.07, 6.45) is 5.98. The van der Waals surface area contributed by atoms with Crippen LogP contribution >= 0.6 is 0 Å². The Bertz CT molecular complexity index is 656. The molecule has 0 aliphatic heterocycles. The number of carbonyl (C=O) groups excluding carboxylic acids is 1. The molecule has 0 spiro atoms. The van der Waals surface area contributed by atoms with Gasteiger partial charge in [0.1, 0.15) is 12.7 Å². The summed E-state index contributed by atoms with van der Waals surface area (Å²) >= 11 is 0. The van der Waals surface area contributed by atoms with Crippen LogP contribution in [0.5, 0.6) is 0 Å². The van der Waals surface area contributed by atoms with Gasteiger partial charge in [-0.25, -0.2) is 0 Å². The SMILES string of the molecule is Cc1nn(C)c(C)c1CN(C(=O)CCn1cnnc1)C1CC1. The smallest absolute Gasteiger partial charge is 0.224 e. The van der Waals surface area contributed by atoms with E-state index in [2.05, 4.69) is 22.2 Å². The molecule has 118 valence electrons. The molecule has 0 bridgehead atoms. The van der Waals surface area contributed by atoms with E-state index >= 15 is 0 Å². The molecule has 22 heavy (non-hydrogen) atoms. The van der Waals surface area contributed by atoms with Gasteiger partial charge < -0.3 is 9.47 Å². The summed E-state index contributed by atoms with van der Waals surface area (Å²) in [6, 6.07) is 0.396. The van der Waals surface area contributed by atoms with Crippen LogP contribution in [-0.2, 0) is 24.9 Å². The summed E-state index contributed by atoms with van der Waals surface area (Å²) in [5.74, 6) is 0.193. The van der Waals surface area contributed by atoms with Crippen molar-refractivity contribution in [3.8, 4) is 0 Å². The highest BCUT2D eigenvalue weighted by molar-refractivity contribution is 5.76. The quantitative estimate of drug-likeness (QED) is 0.804. The van der Waals surface area contributed by atoms with E-state index in [1.807, 2.05) is 28.1 Å². The summed E-state index contributed by atoms with van der Waals surface area (Å²) in [6.45, 7) is 5.36. The highest BCUT2D eigenvalue weighted by Gasteiger charge is 2.33. The number of aromatic nitrogens is 5. The molecular formula is C15H22N6O. The fourth-order valence-electron chi connectivity index (χ4n) is 2.73. The zero-order chi connectivity index (χ0) is 15.7. The summed E-state index contributed by atoms with van der Waals surface area (Å²) in [5.41, 5.74) is 3.32. The van der Waals surface area contributed by atoms with Gasteiger partial charge in [-0.15, -0.1) is 10.2 Å². The van der Waals surface area contributed by atoms with Crippen LogP contribution in [0.25, 0.3) is 0 Å². The monoisotopic (exact) mass is 302 g/mol. The minimum Gasteiger partial charge on any atom is -0.335 e. The molecule has 1 amide bonds. The molecule has 0 unspecified atom stereocenters. The normalized spacial score (nSPS) is 14.3. The summed E-state index contributed by atoms with van der Waals surface area (Å²) in [7, 11) is 1.95. The average molecular weight is 302 g/mol. The van der Waals surface area contributed by atoms with Crippen LogP contribution < -0.4 is 0 Å². The van der Waals surface area contributed by atoms with Gasteiger partial charge in [0, 0.05) is 43.9 Å². The van der Waals surface area contributed by atoms with Gasteiger partial charge in [-0.1, -0.05) is 0 Å². The van der Waals surface area contributed by atoms with Crippen molar-refractivity contribution in [1.29, 1.82) is 0 Å². The molecule has 7 nitrogen and oxygen atoms in total. The van der Waals surface area contributed by atoms with Crippen LogP contribution in [0.2, 0.25) is 0 Å². The maximum atomic E-state index is 12.6. The second-order valence-electron chi connectivity index (χ2n) is 5.98. The molecule has 2 aromatic rings. The molecule has 1 aliphatic rings. The van der Waals surface area contributed by atoms with Crippen molar-refractivity contribution in [2.45, 2.75) is 52.2 Å². The molecule has 3 rings (SSSR count). The zero-order valence-corrected chi connectivity index (χ0v) is 13.4. The number of amides is 1. The molecule has 2 heterocycles. The number of nitrogens with zero attached hydrogens (tertiary/aromatic N) is 6. The maximum absolute atomic E-state index is 12.6. The van der Waals surface area contributed by atoms with Crippen molar-refractivity contribution in [2.24, 2.45) is 7.05 Å². The Kier molecular flexibility index (Phi) is 3.96. The van der Waals surface area contributed by atoms with E-state index in [0.717, 1.165) is 24.2 Å². The van der Waals surface area contributed by atoms with E-state index in [1.54, 1.807) is 12.7 Å². The van der Waals surface area contributed by atoms with Crippen molar-refractivity contribution >= 4 is 5.91 Å². The van der Waals surface area contributed by atoms with E-state index < -0.39 is 0 Å². The van der Waals surface area contributed by atoms with Crippen LogP contribution in [0, 0.1) is 13.8 Å². The molecule has 7 heteroatoms. The van der Waals surface area contributed by atoms with Crippen molar-refractivity contribution in [3.63, 3.8) is 0 Å². The van der Waals surface area contributed by atoms with E-state index in [4.69, 9.17) is 0 Å². The molecule has 0 saturated heterocycles. The number of rotatable bonds is 6. The Morgan fingerprint density at radius 1 is 1.32 bits per heavy atom. The van der Waals surface area contributed by atoms with E-state index in [-0.39, 0.29) is 5.91 Å². The number of hydrogen-bond acceptors (Lipinski definition) is 4. The Labute approximate surface area is 129 Å². The first kappa shape index (κ1) is 14.7. The van der Waals surface area contributed by atoms with Crippen LogP contribution in [0.4, 0.5) is 0 Å². The minimum absolute atomic E-state index is 0.193. The highest BCUT2D eigenvalue weighted by Crippen LogP contribution is 2.30. The standard InChI is InChI=1S/C15H22N6O/c1-11-14(12(2)19(3)18-11)8-21(13-4-5-13)15(22)6-7-20-9-16-17-10-20/h9-10,13H,4-8H2,1-3H3. The van der Waals surface area contributed by atoms with E-state index in [9.17, 15) is 4.79 Å². The molecule has 0 atom stereocenters. The van der Waals surface area contributed by atoms with Crippen LogP contribution in [0.3, 0.4) is 0 Å². The summed E-state index contributed by atoms with van der Waals surface area (Å²) < 4.78 is 3.72. The first-order chi connectivity index (χ1) is 10.6. The van der Waals surface area contributed by atoms with E-state index in [1.165, 1.54) is 5.56 Å². The predicted octanol–water partition coefficient (Wildman–Crippen LogP) is 1.21. The van der Waals surface area contributed by atoms with Gasteiger partial charge in [0.05, 0.1) is 5.69 Å². The first-order valence-corrected chi connectivity index (χ1v) is 7.67. The number of aryl methyl sites for hydroxylation is 3. The van der Waals surface area contributed by atoms with Gasteiger partial charge in [-0.2, -0.15) is 5.10 Å². The molecular weight excluding hydrogens is 280 g/mol. The first-order valence-electron chi connectivity index (χ1n) is 7.67. The summed E-state index contributed by atoms with van der Waals surface area (Å²) in [5, 5.41) is 12.0. The lowest BCUT2D eigenvalue weighted by Crippen LogP contribution is -2.33. The van der Waals surface area contributed by atoms with Gasteiger partial charge in [0.15, 0.2) is 0 Å². The molecule has 0 aromatic carbocycles. The van der Waals surface area contributed by atoms with Crippen molar-refractivity contribution in [3.05, 3.63) is 29.6 Å². The van der Waals surface area contributed by atoms with Gasteiger partial charge in [0.2, 0.25) is 5.91 Å².